The fourth-order valence-corrected chi connectivity index (χ4v) is 3.29. The summed E-state index contributed by atoms with van der Waals surface area (Å²) in [5, 5.41) is 20.5. The van der Waals surface area contributed by atoms with Crippen LogP contribution in [0.4, 0.5) is 0 Å². The standard InChI is InChI=1S/C18H23NO3/c1-13-5-2-6-14(18(13)21)12-19-9-3-7-15(19)11-16(20)17-8-4-10-22-17/h2,4-6,8,10,15-16,20-21H,3,7,9,11-12H2,1H3. The van der Waals surface area contributed by atoms with Gasteiger partial charge in [0.05, 0.1) is 6.26 Å². The first-order valence-electron chi connectivity index (χ1n) is 7.88. The number of aromatic hydroxyl groups is 1. The molecule has 2 heterocycles. The van der Waals surface area contributed by atoms with Gasteiger partial charge < -0.3 is 14.6 Å². The SMILES string of the molecule is Cc1cccc(CN2CCCC2CC(O)c2ccco2)c1O. The molecule has 2 aromatic rings. The Morgan fingerprint density at radius 2 is 2.18 bits per heavy atom. The van der Waals surface area contributed by atoms with E-state index in [9.17, 15) is 10.2 Å². The third kappa shape index (κ3) is 3.18. The van der Waals surface area contributed by atoms with E-state index in [-0.39, 0.29) is 0 Å². The third-order valence-corrected chi connectivity index (χ3v) is 4.56. The second-order valence-corrected chi connectivity index (χ2v) is 6.12. The van der Waals surface area contributed by atoms with Gasteiger partial charge in [-0.05, 0) is 50.4 Å². The first-order chi connectivity index (χ1) is 10.6. The monoisotopic (exact) mass is 301 g/mol. The minimum absolute atomic E-state index is 0.319. The molecule has 118 valence electrons. The second-order valence-electron chi connectivity index (χ2n) is 6.12. The smallest absolute Gasteiger partial charge is 0.132 e. The molecule has 1 aliphatic heterocycles. The number of aryl methyl sites for hydroxylation is 1. The summed E-state index contributed by atoms with van der Waals surface area (Å²) in [5.74, 6) is 1.02. The number of furan rings is 1. The van der Waals surface area contributed by atoms with Gasteiger partial charge >= 0.3 is 0 Å². The van der Waals surface area contributed by atoms with Crippen LogP contribution in [0.3, 0.4) is 0 Å². The zero-order valence-electron chi connectivity index (χ0n) is 12.9. The van der Waals surface area contributed by atoms with Crippen molar-refractivity contribution in [1.29, 1.82) is 0 Å². The van der Waals surface area contributed by atoms with Gasteiger partial charge in [-0.1, -0.05) is 18.2 Å². The van der Waals surface area contributed by atoms with Crippen molar-refractivity contribution in [2.24, 2.45) is 0 Å². The Morgan fingerprint density at radius 3 is 2.95 bits per heavy atom. The average Bonchev–Trinajstić information content (AvgIpc) is 3.16. The molecule has 1 saturated heterocycles. The number of likely N-dealkylation sites (tertiary alicyclic amines) is 1. The second kappa shape index (κ2) is 6.55. The van der Waals surface area contributed by atoms with Crippen LogP contribution in [0.5, 0.6) is 5.75 Å². The van der Waals surface area contributed by atoms with Crippen LogP contribution in [-0.2, 0) is 6.54 Å². The van der Waals surface area contributed by atoms with Crippen LogP contribution in [0.1, 0.15) is 42.3 Å². The lowest BCUT2D eigenvalue weighted by Crippen LogP contribution is -2.30. The van der Waals surface area contributed by atoms with Gasteiger partial charge in [0.15, 0.2) is 0 Å². The van der Waals surface area contributed by atoms with Gasteiger partial charge in [0.2, 0.25) is 0 Å². The predicted molar refractivity (Wildman–Crippen MR) is 84.6 cm³/mol. The lowest BCUT2D eigenvalue weighted by Gasteiger charge is -2.26. The molecular formula is C18H23NO3. The highest BCUT2D eigenvalue weighted by Crippen LogP contribution is 2.31. The molecule has 4 heteroatoms. The van der Waals surface area contributed by atoms with Crippen LogP contribution in [0.15, 0.2) is 41.0 Å². The zero-order chi connectivity index (χ0) is 15.5. The molecule has 2 unspecified atom stereocenters. The Kier molecular flexibility index (Phi) is 4.50. The van der Waals surface area contributed by atoms with Crippen LogP contribution in [0.25, 0.3) is 0 Å². The fraction of sp³-hybridized carbons (Fsp3) is 0.444. The molecule has 4 nitrogen and oxygen atoms in total. The van der Waals surface area contributed by atoms with Gasteiger partial charge in [0.1, 0.15) is 17.6 Å². The molecule has 0 bridgehead atoms. The van der Waals surface area contributed by atoms with Gasteiger partial charge in [-0.2, -0.15) is 0 Å². The van der Waals surface area contributed by atoms with E-state index in [0.717, 1.165) is 37.1 Å². The Hall–Kier alpha value is -1.78. The predicted octanol–water partition coefficient (Wildman–Crippen LogP) is 3.38. The summed E-state index contributed by atoms with van der Waals surface area (Å²) in [7, 11) is 0. The fourth-order valence-electron chi connectivity index (χ4n) is 3.29. The number of aliphatic hydroxyl groups excluding tert-OH is 1. The summed E-state index contributed by atoms with van der Waals surface area (Å²) in [5.41, 5.74) is 1.86. The third-order valence-electron chi connectivity index (χ3n) is 4.56. The van der Waals surface area contributed by atoms with Crippen molar-refractivity contribution in [1.82, 2.24) is 4.90 Å². The molecule has 0 radical (unpaired) electrons. The minimum Gasteiger partial charge on any atom is -0.507 e. The molecular weight excluding hydrogens is 278 g/mol. The molecule has 22 heavy (non-hydrogen) atoms. The van der Waals surface area contributed by atoms with Crippen LogP contribution < -0.4 is 0 Å². The normalized spacial score (nSPS) is 20.4. The summed E-state index contributed by atoms with van der Waals surface area (Å²) in [6.07, 6.45) is 3.90. The lowest BCUT2D eigenvalue weighted by molar-refractivity contribution is 0.0992. The maximum atomic E-state index is 10.3. The summed E-state index contributed by atoms with van der Waals surface area (Å²) >= 11 is 0. The summed E-state index contributed by atoms with van der Waals surface area (Å²) in [6.45, 7) is 3.65. The molecule has 2 atom stereocenters. The number of hydrogen-bond donors (Lipinski definition) is 2. The first kappa shape index (κ1) is 15.1. The number of aliphatic hydroxyl groups is 1. The Morgan fingerprint density at radius 1 is 1.32 bits per heavy atom. The van der Waals surface area contributed by atoms with Crippen molar-refractivity contribution in [3.63, 3.8) is 0 Å². The molecule has 1 aliphatic rings. The summed E-state index contributed by atoms with van der Waals surface area (Å²) in [4.78, 5) is 2.35. The largest absolute Gasteiger partial charge is 0.507 e. The van der Waals surface area contributed by atoms with E-state index in [2.05, 4.69) is 4.90 Å². The maximum absolute atomic E-state index is 10.3. The molecule has 0 spiro atoms. The van der Waals surface area contributed by atoms with Crippen LogP contribution in [0.2, 0.25) is 0 Å². The highest BCUT2D eigenvalue weighted by atomic mass is 16.4. The van der Waals surface area contributed by atoms with Gasteiger partial charge in [0.25, 0.3) is 0 Å². The zero-order valence-corrected chi connectivity index (χ0v) is 12.9. The summed E-state index contributed by atoms with van der Waals surface area (Å²) < 4.78 is 5.29. The molecule has 2 N–H and O–H groups in total. The quantitative estimate of drug-likeness (QED) is 0.889. The van der Waals surface area contributed by atoms with E-state index in [1.807, 2.05) is 31.2 Å². The molecule has 0 aliphatic carbocycles. The van der Waals surface area contributed by atoms with E-state index >= 15 is 0 Å². The lowest BCUT2D eigenvalue weighted by atomic mass is 10.0. The number of phenolic OH excluding ortho intramolecular Hbond substituents is 1. The Labute approximate surface area is 131 Å². The van der Waals surface area contributed by atoms with Gasteiger partial charge in [-0.15, -0.1) is 0 Å². The number of phenols is 1. The Bertz CT molecular complexity index is 609. The van der Waals surface area contributed by atoms with Crippen molar-refractivity contribution in [2.45, 2.75) is 44.9 Å². The molecule has 0 amide bonds. The van der Waals surface area contributed by atoms with Crippen LogP contribution in [0, 0.1) is 6.92 Å². The average molecular weight is 301 g/mol. The van der Waals surface area contributed by atoms with E-state index in [1.165, 1.54) is 0 Å². The van der Waals surface area contributed by atoms with E-state index < -0.39 is 6.10 Å². The van der Waals surface area contributed by atoms with Gasteiger partial charge in [0, 0.05) is 18.2 Å². The molecule has 0 saturated carbocycles. The topological polar surface area (TPSA) is 56.8 Å². The van der Waals surface area contributed by atoms with E-state index in [4.69, 9.17) is 4.42 Å². The molecule has 3 rings (SSSR count). The van der Waals surface area contributed by atoms with E-state index in [0.29, 0.717) is 24.0 Å². The van der Waals surface area contributed by atoms with E-state index in [1.54, 1.807) is 12.3 Å². The summed E-state index contributed by atoms with van der Waals surface area (Å²) in [6, 6.07) is 9.81. The van der Waals surface area contributed by atoms with Gasteiger partial charge in [-0.3, -0.25) is 4.90 Å². The number of nitrogens with zero attached hydrogens (tertiary/aromatic N) is 1. The minimum atomic E-state index is -0.563. The van der Waals surface area contributed by atoms with Crippen molar-refractivity contribution < 1.29 is 14.6 Å². The Balaban J connectivity index is 1.67. The maximum Gasteiger partial charge on any atom is 0.132 e. The number of para-hydroxylation sites is 1. The highest BCUT2D eigenvalue weighted by Gasteiger charge is 2.28. The van der Waals surface area contributed by atoms with Crippen molar-refractivity contribution in [3.05, 3.63) is 53.5 Å². The first-order valence-corrected chi connectivity index (χ1v) is 7.88. The van der Waals surface area contributed by atoms with Crippen molar-refractivity contribution in [3.8, 4) is 5.75 Å². The highest BCUT2D eigenvalue weighted by molar-refractivity contribution is 5.39. The van der Waals surface area contributed by atoms with Gasteiger partial charge in [-0.25, -0.2) is 0 Å². The molecule has 1 fully saturated rings. The molecule has 1 aromatic carbocycles. The number of rotatable bonds is 5. The number of benzene rings is 1. The number of hydrogen-bond acceptors (Lipinski definition) is 4. The van der Waals surface area contributed by atoms with Crippen LogP contribution in [-0.4, -0.2) is 27.7 Å². The van der Waals surface area contributed by atoms with Crippen molar-refractivity contribution in [2.75, 3.05) is 6.54 Å². The van der Waals surface area contributed by atoms with Crippen LogP contribution >= 0.6 is 0 Å². The molecule has 1 aromatic heterocycles. The van der Waals surface area contributed by atoms with Crippen molar-refractivity contribution >= 4 is 0 Å².